The van der Waals surface area contributed by atoms with Gasteiger partial charge in [0.25, 0.3) is 5.91 Å². The largest absolute Gasteiger partial charge is 0.391 e. The van der Waals surface area contributed by atoms with Crippen molar-refractivity contribution in [2.45, 2.75) is 26.2 Å². The standard InChI is InChI=1S/C16H23N5O4/c1-11-14(10-22)15(18-25-11)16(24)21-4-3-20(8-13(23)9-21)7-12-5-17-19(2)6-12/h5-6,13,22-23H,3-4,7-10H2,1-2H3/t13-/m0/s1. The van der Waals surface area contributed by atoms with Crippen molar-refractivity contribution in [3.63, 3.8) is 0 Å². The lowest BCUT2D eigenvalue weighted by Crippen LogP contribution is -2.38. The SMILES string of the molecule is Cc1onc(C(=O)N2CCN(Cc3cnn(C)c3)C[C@H](O)C2)c1CO. The van der Waals surface area contributed by atoms with Gasteiger partial charge in [-0.25, -0.2) is 0 Å². The van der Waals surface area contributed by atoms with E-state index in [9.17, 15) is 15.0 Å². The smallest absolute Gasteiger partial charge is 0.276 e. The average molecular weight is 349 g/mol. The third-order valence-electron chi connectivity index (χ3n) is 4.38. The van der Waals surface area contributed by atoms with E-state index in [-0.39, 0.29) is 24.8 Å². The minimum atomic E-state index is -0.659. The number of aromatic nitrogens is 3. The molecule has 0 saturated carbocycles. The van der Waals surface area contributed by atoms with Crippen LogP contribution in [0.4, 0.5) is 0 Å². The predicted octanol–water partition coefficient (Wildman–Crippen LogP) is -0.472. The summed E-state index contributed by atoms with van der Waals surface area (Å²) in [5.74, 6) is 0.0996. The van der Waals surface area contributed by atoms with E-state index in [4.69, 9.17) is 4.52 Å². The van der Waals surface area contributed by atoms with Gasteiger partial charge in [0.05, 0.1) is 24.5 Å². The molecule has 1 amide bonds. The molecule has 3 rings (SSSR count). The van der Waals surface area contributed by atoms with Gasteiger partial charge in [-0.05, 0) is 6.92 Å². The quantitative estimate of drug-likeness (QED) is 0.768. The van der Waals surface area contributed by atoms with Gasteiger partial charge in [-0.15, -0.1) is 0 Å². The van der Waals surface area contributed by atoms with E-state index >= 15 is 0 Å². The molecule has 1 atom stereocenters. The molecule has 0 aliphatic carbocycles. The van der Waals surface area contributed by atoms with Crippen molar-refractivity contribution in [1.82, 2.24) is 24.7 Å². The molecule has 0 radical (unpaired) electrons. The van der Waals surface area contributed by atoms with E-state index in [1.54, 1.807) is 22.7 Å². The van der Waals surface area contributed by atoms with E-state index in [0.29, 0.717) is 37.5 Å². The minimum Gasteiger partial charge on any atom is -0.391 e. The summed E-state index contributed by atoms with van der Waals surface area (Å²) in [6, 6.07) is 0. The Morgan fingerprint density at radius 2 is 2.20 bits per heavy atom. The summed E-state index contributed by atoms with van der Waals surface area (Å²) in [6.07, 6.45) is 3.08. The number of amides is 1. The van der Waals surface area contributed by atoms with E-state index in [1.807, 2.05) is 13.2 Å². The average Bonchev–Trinajstić information content (AvgIpc) is 3.09. The van der Waals surface area contributed by atoms with Crippen LogP contribution in [-0.4, -0.2) is 73.1 Å². The first-order valence-corrected chi connectivity index (χ1v) is 8.21. The first-order valence-electron chi connectivity index (χ1n) is 8.21. The van der Waals surface area contributed by atoms with Gasteiger partial charge in [-0.1, -0.05) is 5.16 Å². The highest BCUT2D eigenvalue weighted by molar-refractivity contribution is 5.93. The van der Waals surface area contributed by atoms with Crippen LogP contribution in [-0.2, 0) is 20.2 Å². The molecule has 9 nitrogen and oxygen atoms in total. The van der Waals surface area contributed by atoms with E-state index in [0.717, 1.165) is 5.56 Å². The maximum absolute atomic E-state index is 12.7. The molecule has 25 heavy (non-hydrogen) atoms. The van der Waals surface area contributed by atoms with Gasteiger partial charge in [0.1, 0.15) is 5.76 Å². The molecule has 1 fully saturated rings. The van der Waals surface area contributed by atoms with Gasteiger partial charge in [-0.2, -0.15) is 5.10 Å². The zero-order chi connectivity index (χ0) is 18.0. The summed E-state index contributed by atoms with van der Waals surface area (Å²) in [6.45, 7) is 3.80. The van der Waals surface area contributed by atoms with Crippen LogP contribution in [0.2, 0.25) is 0 Å². The fourth-order valence-corrected chi connectivity index (χ4v) is 3.09. The van der Waals surface area contributed by atoms with Crippen LogP contribution < -0.4 is 0 Å². The van der Waals surface area contributed by atoms with Gasteiger partial charge >= 0.3 is 0 Å². The van der Waals surface area contributed by atoms with Crippen LogP contribution in [0.25, 0.3) is 0 Å². The van der Waals surface area contributed by atoms with Crippen LogP contribution in [0.15, 0.2) is 16.9 Å². The van der Waals surface area contributed by atoms with Gasteiger partial charge in [-0.3, -0.25) is 14.4 Å². The molecule has 0 spiro atoms. The molecule has 0 aromatic carbocycles. The normalized spacial score (nSPS) is 19.2. The number of carbonyl (C=O) groups excluding carboxylic acids is 1. The molecule has 9 heteroatoms. The molecule has 136 valence electrons. The van der Waals surface area contributed by atoms with Crippen LogP contribution in [0.3, 0.4) is 0 Å². The molecule has 1 aliphatic rings. The van der Waals surface area contributed by atoms with Crippen LogP contribution in [0.1, 0.15) is 27.4 Å². The molecule has 2 aromatic heterocycles. The van der Waals surface area contributed by atoms with Gasteiger partial charge in [0, 0.05) is 51.5 Å². The maximum Gasteiger partial charge on any atom is 0.276 e. The molecule has 0 unspecified atom stereocenters. The third-order valence-corrected chi connectivity index (χ3v) is 4.38. The maximum atomic E-state index is 12.7. The van der Waals surface area contributed by atoms with E-state index in [1.165, 1.54) is 0 Å². The summed E-state index contributed by atoms with van der Waals surface area (Å²) >= 11 is 0. The number of carbonyl (C=O) groups is 1. The first kappa shape index (κ1) is 17.6. The summed E-state index contributed by atoms with van der Waals surface area (Å²) < 4.78 is 6.76. The number of rotatable bonds is 4. The van der Waals surface area contributed by atoms with Crippen LogP contribution in [0, 0.1) is 6.92 Å². The summed E-state index contributed by atoms with van der Waals surface area (Å²) in [4.78, 5) is 16.4. The third kappa shape index (κ3) is 3.89. The van der Waals surface area contributed by atoms with E-state index in [2.05, 4.69) is 15.2 Å². The van der Waals surface area contributed by atoms with Gasteiger partial charge < -0.3 is 19.6 Å². The monoisotopic (exact) mass is 349 g/mol. The molecule has 3 heterocycles. The van der Waals surface area contributed by atoms with Crippen molar-refractivity contribution in [3.8, 4) is 0 Å². The Labute approximate surface area is 145 Å². The summed E-state index contributed by atoms with van der Waals surface area (Å²) in [5.41, 5.74) is 1.58. The van der Waals surface area contributed by atoms with Crippen molar-refractivity contribution >= 4 is 5.91 Å². The fraction of sp³-hybridized carbons (Fsp3) is 0.562. The van der Waals surface area contributed by atoms with Crippen molar-refractivity contribution in [1.29, 1.82) is 0 Å². The molecule has 1 aliphatic heterocycles. The lowest BCUT2D eigenvalue weighted by Gasteiger charge is -2.21. The Hall–Kier alpha value is -2.23. The Bertz CT molecular complexity index is 741. The molecule has 2 aromatic rings. The van der Waals surface area contributed by atoms with Crippen LogP contribution >= 0.6 is 0 Å². The minimum absolute atomic E-state index is 0.118. The fourth-order valence-electron chi connectivity index (χ4n) is 3.09. The summed E-state index contributed by atoms with van der Waals surface area (Å²) in [7, 11) is 1.86. The lowest BCUT2D eigenvalue weighted by atomic mass is 10.2. The van der Waals surface area contributed by atoms with Gasteiger partial charge in [0.2, 0.25) is 0 Å². The van der Waals surface area contributed by atoms with Crippen molar-refractivity contribution < 1.29 is 19.5 Å². The molecule has 1 saturated heterocycles. The highest BCUT2D eigenvalue weighted by atomic mass is 16.5. The number of aryl methyl sites for hydroxylation is 2. The first-order chi connectivity index (χ1) is 12.0. The number of aliphatic hydroxyl groups excluding tert-OH is 2. The number of β-amino-alcohol motifs (C(OH)–C–C–N with tert-alkyl or cyclic N) is 1. The van der Waals surface area contributed by atoms with Crippen LogP contribution in [0.5, 0.6) is 0 Å². The second kappa shape index (κ2) is 7.34. The highest BCUT2D eigenvalue weighted by Gasteiger charge is 2.29. The predicted molar refractivity (Wildman–Crippen MR) is 87.6 cm³/mol. The van der Waals surface area contributed by atoms with Crippen molar-refractivity contribution in [3.05, 3.63) is 35.0 Å². The number of aliphatic hydroxyl groups is 2. The topological polar surface area (TPSA) is 108 Å². The second-order valence-electron chi connectivity index (χ2n) is 6.39. The van der Waals surface area contributed by atoms with Crippen molar-refractivity contribution in [2.24, 2.45) is 7.05 Å². The lowest BCUT2D eigenvalue weighted by molar-refractivity contribution is 0.0651. The molecule has 2 N–H and O–H groups in total. The van der Waals surface area contributed by atoms with E-state index < -0.39 is 6.10 Å². The Balaban J connectivity index is 1.69. The Kier molecular flexibility index (Phi) is 5.16. The Morgan fingerprint density at radius 3 is 2.88 bits per heavy atom. The number of hydrogen-bond donors (Lipinski definition) is 2. The molecule has 0 bridgehead atoms. The van der Waals surface area contributed by atoms with Crippen molar-refractivity contribution in [2.75, 3.05) is 26.2 Å². The van der Waals surface area contributed by atoms with Gasteiger partial charge in [0.15, 0.2) is 5.69 Å². The zero-order valence-electron chi connectivity index (χ0n) is 14.4. The summed E-state index contributed by atoms with van der Waals surface area (Å²) in [5, 5.41) is 27.6. The zero-order valence-corrected chi connectivity index (χ0v) is 14.4. The molecular weight excluding hydrogens is 326 g/mol. The molecular formula is C16H23N5O4. The number of hydrogen-bond acceptors (Lipinski definition) is 7. The Morgan fingerprint density at radius 1 is 1.40 bits per heavy atom. The highest BCUT2D eigenvalue weighted by Crippen LogP contribution is 2.17. The second-order valence-corrected chi connectivity index (χ2v) is 6.39. The number of nitrogens with zero attached hydrogens (tertiary/aromatic N) is 5.